The van der Waals surface area contributed by atoms with Crippen molar-refractivity contribution in [3.63, 3.8) is 0 Å². The molecule has 0 bridgehead atoms. The predicted molar refractivity (Wildman–Crippen MR) is 65.8 cm³/mol. The predicted octanol–water partition coefficient (Wildman–Crippen LogP) is 3.92. The van der Waals surface area contributed by atoms with Crippen LogP contribution in [0.15, 0.2) is 12.2 Å². The van der Waals surface area contributed by atoms with Gasteiger partial charge in [-0.15, -0.1) is 0 Å². The van der Waals surface area contributed by atoms with Gasteiger partial charge in [-0.3, -0.25) is 0 Å². The Morgan fingerprint density at radius 1 is 1.20 bits per heavy atom. The first kappa shape index (κ1) is 12.8. The molecular formula is C14H26O. The average molecular weight is 210 g/mol. The van der Waals surface area contributed by atoms with E-state index < -0.39 is 0 Å². The molecule has 2 atom stereocenters. The number of allylic oxidation sites excluding steroid dienone is 2. The lowest BCUT2D eigenvalue weighted by Crippen LogP contribution is -2.39. The Hall–Kier alpha value is -0.300. The van der Waals surface area contributed by atoms with Crippen molar-refractivity contribution in [1.29, 1.82) is 0 Å². The fraction of sp³-hybridized carbons (Fsp3) is 0.857. The van der Waals surface area contributed by atoms with E-state index in [9.17, 15) is 5.11 Å². The summed E-state index contributed by atoms with van der Waals surface area (Å²) in [6.45, 7) is 6.65. The molecule has 1 N–H and O–H groups in total. The second kappa shape index (κ2) is 5.69. The SMILES string of the molecule is CCC(CC)(CC)C(O)C1CC=CCC1. The maximum Gasteiger partial charge on any atom is 0.0627 e. The van der Waals surface area contributed by atoms with Gasteiger partial charge in [-0.2, -0.15) is 0 Å². The van der Waals surface area contributed by atoms with E-state index in [1.165, 1.54) is 6.42 Å². The first-order valence-electron chi connectivity index (χ1n) is 6.53. The highest BCUT2D eigenvalue weighted by Gasteiger charge is 2.37. The first-order chi connectivity index (χ1) is 7.20. The fourth-order valence-corrected chi connectivity index (χ4v) is 2.98. The molecule has 0 fully saturated rings. The van der Waals surface area contributed by atoms with Crippen LogP contribution in [0.1, 0.15) is 59.3 Å². The van der Waals surface area contributed by atoms with Crippen molar-refractivity contribution in [3.05, 3.63) is 12.2 Å². The molecule has 2 unspecified atom stereocenters. The summed E-state index contributed by atoms with van der Waals surface area (Å²) in [5.74, 6) is 0.495. The molecule has 0 aromatic carbocycles. The second-order valence-electron chi connectivity index (χ2n) is 4.91. The summed E-state index contributed by atoms with van der Waals surface area (Å²) in [6, 6.07) is 0. The van der Waals surface area contributed by atoms with Crippen molar-refractivity contribution in [2.75, 3.05) is 0 Å². The Kier molecular flexibility index (Phi) is 4.85. The van der Waals surface area contributed by atoms with Crippen LogP contribution in [0.4, 0.5) is 0 Å². The summed E-state index contributed by atoms with van der Waals surface area (Å²) in [5, 5.41) is 10.6. The summed E-state index contributed by atoms with van der Waals surface area (Å²) in [5.41, 5.74) is 0.163. The Balaban J connectivity index is 2.70. The Bertz CT molecular complexity index is 195. The lowest BCUT2D eigenvalue weighted by molar-refractivity contribution is -0.0309. The normalized spacial score (nSPS) is 24.1. The molecule has 0 spiro atoms. The number of aliphatic hydroxyl groups is 1. The summed E-state index contributed by atoms with van der Waals surface area (Å²) >= 11 is 0. The molecule has 0 saturated heterocycles. The largest absolute Gasteiger partial charge is 0.392 e. The van der Waals surface area contributed by atoms with Gasteiger partial charge in [-0.25, -0.2) is 0 Å². The lowest BCUT2D eigenvalue weighted by atomic mass is 9.68. The molecule has 0 aromatic heterocycles. The van der Waals surface area contributed by atoms with Crippen LogP contribution in [0, 0.1) is 11.3 Å². The van der Waals surface area contributed by atoms with Crippen molar-refractivity contribution in [2.24, 2.45) is 11.3 Å². The van der Waals surface area contributed by atoms with E-state index in [-0.39, 0.29) is 11.5 Å². The third-order valence-electron chi connectivity index (χ3n) is 4.50. The van der Waals surface area contributed by atoms with Crippen LogP contribution in [-0.2, 0) is 0 Å². The minimum absolute atomic E-state index is 0.109. The topological polar surface area (TPSA) is 20.2 Å². The van der Waals surface area contributed by atoms with E-state index in [4.69, 9.17) is 0 Å². The van der Waals surface area contributed by atoms with Gasteiger partial charge >= 0.3 is 0 Å². The second-order valence-corrected chi connectivity index (χ2v) is 4.91. The van der Waals surface area contributed by atoms with Crippen LogP contribution >= 0.6 is 0 Å². The molecule has 0 aromatic rings. The first-order valence-corrected chi connectivity index (χ1v) is 6.53. The molecule has 0 aliphatic heterocycles. The van der Waals surface area contributed by atoms with Gasteiger partial charge in [0.05, 0.1) is 6.10 Å². The number of hydrogen-bond donors (Lipinski definition) is 1. The van der Waals surface area contributed by atoms with Crippen LogP contribution in [0.25, 0.3) is 0 Å². The van der Waals surface area contributed by atoms with Crippen LogP contribution in [0.5, 0.6) is 0 Å². The highest BCUT2D eigenvalue weighted by atomic mass is 16.3. The third kappa shape index (κ3) is 2.63. The quantitative estimate of drug-likeness (QED) is 0.682. The van der Waals surface area contributed by atoms with Gasteiger partial charge in [0.25, 0.3) is 0 Å². The molecule has 0 saturated carbocycles. The van der Waals surface area contributed by atoms with E-state index >= 15 is 0 Å². The summed E-state index contributed by atoms with van der Waals surface area (Å²) < 4.78 is 0. The number of rotatable bonds is 5. The maximum atomic E-state index is 10.6. The van der Waals surface area contributed by atoms with E-state index in [2.05, 4.69) is 32.9 Å². The van der Waals surface area contributed by atoms with Gasteiger partial charge in [0.2, 0.25) is 0 Å². The summed E-state index contributed by atoms with van der Waals surface area (Å²) in [7, 11) is 0. The standard InChI is InChI=1S/C14H26O/c1-4-14(5-2,6-3)13(15)12-10-8-7-9-11-12/h7-8,12-13,15H,4-6,9-11H2,1-3H3. The van der Waals surface area contributed by atoms with Crippen molar-refractivity contribution in [3.8, 4) is 0 Å². The Morgan fingerprint density at radius 2 is 1.80 bits per heavy atom. The lowest BCUT2D eigenvalue weighted by Gasteiger charge is -2.40. The zero-order valence-corrected chi connectivity index (χ0v) is 10.5. The minimum atomic E-state index is -0.109. The monoisotopic (exact) mass is 210 g/mol. The van der Waals surface area contributed by atoms with Crippen LogP contribution in [0.2, 0.25) is 0 Å². The number of aliphatic hydroxyl groups excluding tert-OH is 1. The molecule has 0 heterocycles. The molecular weight excluding hydrogens is 184 g/mol. The molecule has 1 aliphatic carbocycles. The van der Waals surface area contributed by atoms with Crippen LogP contribution in [0.3, 0.4) is 0 Å². The molecule has 1 nitrogen and oxygen atoms in total. The van der Waals surface area contributed by atoms with Gasteiger partial charge in [0, 0.05) is 0 Å². The molecule has 1 rings (SSSR count). The van der Waals surface area contributed by atoms with E-state index in [1.807, 2.05) is 0 Å². The molecule has 1 heteroatoms. The molecule has 15 heavy (non-hydrogen) atoms. The van der Waals surface area contributed by atoms with Crippen molar-refractivity contribution >= 4 is 0 Å². The van der Waals surface area contributed by atoms with Gasteiger partial charge in [-0.05, 0) is 49.9 Å². The van der Waals surface area contributed by atoms with Gasteiger partial charge in [-0.1, -0.05) is 32.9 Å². The summed E-state index contributed by atoms with van der Waals surface area (Å²) in [4.78, 5) is 0. The zero-order chi connectivity index (χ0) is 11.3. The minimum Gasteiger partial charge on any atom is -0.392 e. The maximum absolute atomic E-state index is 10.6. The van der Waals surface area contributed by atoms with Crippen LogP contribution < -0.4 is 0 Å². The van der Waals surface area contributed by atoms with Crippen molar-refractivity contribution in [1.82, 2.24) is 0 Å². The van der Waals surface area contributed by atoms with Gasteiger partial charge in [0.1, 0.15) is 0 Å². The smallest absolute Gasteiger partial charge is 0.0627 e. The van der Waals surface area contributed by atoms with Gasteiger partial charge < -0.3 is 5.11 Å². The fourth-order valence-electron chi connectivity index (χ4n) is 2.98. The molecule has 88 valence electrons. The molecule has 0 amide bonds. The van der Waals surface area contributed by atoms with Crippen molar-refractivity contribution in [2.45, 2.75) is 65.4 Å². The van der Waals surface area contributed by atoms with E-state index in [0.29, 0.717) is 5.92 Å². The summed E-state index contributed by atoms with van der Waals surface area (Å²) in [6.07, 6.45) is 11.1. The van der Waals surface area contributed by atoms with Crippen LogP contribution in [-0.4, -0.2) is 11.2 Å². The molecule has 0 radical (unpaired) electrons. The van der Waals surface area contributed by atoms with Crippen molar-refractivity contribution < 1.29 is 5.11 Å². The Labute approximate surface area is 94.6 Å². The Morgan fingerprint density at radius 3 is 2.20 bits per heavy atom. The average Bonchev–Trinajstić information content (AvgIpc) is 2.33. The number of hydrogen-bond acceptors (Lipinski definition) is 1. The zero-order valence-electron chi connectivity index (χ0n) is 10.5. The highest BCUT2D eigenvalue weighted by molar-refractivity contribution is 4.96. The molecule has 1 aliphatic rings. The highest BCUT2D eigenvalue weighted by Crippen LogP contribution is 2.40. The van der Waals surface area contributed by atoms with E-state index in [0.717, 1.165) is 32.1 Å². The van der Waals surface area contributed by atoms with E-state index in [1.54, 1.807) is 0 Å². The van der Waals surface area contributed by atoms with Gasteiger partial charge in [0.15, 0.2) is 0 Å². The third-order valence-corrected chi connectivity index (χ3v) is 4.50.